The molecular weight excluding hydrogens is 208 g/mol. The lowest BCUT2D eigenvalue weighted by Crippen LogP contribution is -2.48. The fourth-order valence-electron chi connectivity index (χ4n) is 3.20. The first kappa shape index (κ1) is 11.2. The van der Waals surface area contributed by atoms with Gasteiger partial charge in [0.2, 0.25) is 0 Å². The Morgan fingerprint density at radius 3 is 3.12 bits per heavy atom. The smallest absolute Gasteiger partial charge is 0.0240 e. The van der Waals surface area contributed by atoms with E-state index in [2.05, 4.69) is 35.0 Å². The summed E-state index contributed by atoms with van der Waals surface area (Å²) < 4.78 is 0. The van der Waals surface area contributed by atoms with Gasteiger partial charge in [0.25, 0.3) is 0 Å². The van der Waals surface area contributed by atoms with Crippen molar-refractivity contribution in [2.45, 2.75) is 31.8 Å². The molecule has 0 amide bonds. The van der Waals surface area contributed by atoms with Crippen LogP contribution in [0, 0.1) is 6.07 Å². The summed E-state index contributed by atoms with van der Waals surface area (Å²) in [5, 5.41) is 0. The van der Waals surface area contributed by atoms with Crippen molar-refractivity contribution in [3.8, 4) is 0 Å². The molecular formula is C15H21N2. The molecule has 1 aromatic rings. The number of likely N-dealkylation sites (N-methyl/N-ethyl adjacent to an activating group) is 1. The van der Waals surface area contributed by atoms with Crippen molar-refractivity contribution in [1.82, 2.24) is 9.80 Å². The third kappa shape index (κ3) is 2.38. The average molecular weight is 229 g/mol. The molecule has 17 heavy (non-hydrogen) atoms. The number of rotatable bonds is 1. The summed E-state index contributed by atoms with van der Waals surface area (Å²) in [6, 6.07) is 10.4. The van der Waals surface area contributed by atoms with Crippen molar-refractivity contribution in [3.63, 3.8) is 0 Å². The minimum absolute atomic E-state index is 0.766. The zero-order valence-corrected chi connectivity index (χ0v) is 10.7. The van der Waals surface area contributed by atoms with Gasteiger partial charge in [0.05, 0.1) is 0 Å². The lowest BCUT2D eigenvalue weighted by Gasteiger charge is -2.40. The Labute approximate surface area is 104 Å². The standard InChI is InChI=1S/C15H21N2/c1-16-9-4-7-15(12-16)17-10-8-13-5-2-3-6-14(13)11-17/h2,5-6,15H,4,7-12H2,1H3. The second-order valence-electron chi connectivity index (χ2n) is 5.47. The molecule has 1 radical (unpaired) electrons. The number of hydrogen-bond donors (Lipinski definition) is 0. The normalized spacial score (nSPS) is 26.8. The van der Waals surface area contributed by atoms with Gasteiger partial charge in [0, 0.05) is 25.7 Å². The highest BCUT2D eigenvalue weighted by atomic mass is 15.2. The fourth-order valence-corrected chi connectivity index (χ4v) is 3.20. The van der Waals surface area contributed by atoms with Crippen LogP contribution in [-0.2, 0) is 13.0 Å². The van der Waals surface area contributed by atoms with Crippen LogP contribution in [0.15, 0.2) is 18.2 Å². The number of likely N-dealkylation sites (tertiary alicyclic amines) is 1. The third-order valence-electron chi connectivity index (χ3n) is 4.21. The van der Waals surface area contributed by atoms with Crippen LogP contribution < -0.4 is 0 Å². The van der Waals surface area contributed by atoms with E-state index in [4.69, 9.17) is 0 Å². The molecule has 1 unspecified atom stereocenters. The van der Waals surface area contributed by atoms with Gasteiger partial charge >= 0.3 is 0 Å². The van der Waals surface area contributed by atoms with Crippen LogP contribution in [0.2, 0.25) is 0 Å². The Morgan fingerprint density at radius 2 is 2.24 bits per heavy atom. The minimum atomic E-state index is 0.766. The van der Waals surface area contributed by atoms with Gasteiger partial charge in [0.15, 0.2) is 0 Å². The summed E-state index contributed by atoms with van der Waals surface area (Å²) in [5.41, 5.74) is 3.02. The van der Waals surface area contributed by atoms with Gasteiger partial charge in [-0.2, -0.15) is 0 Å². The lowest BCUT2D eigenvalue weighted by atomic mass is 9.96. The molecule has 0 spiro atoms. The van der Waals surface area contributed by atoms with E-state index >= 15 is 0 Å². The largest absolute Gasteiger partial charge is 0.305 e. The van der Waals surface area contributed by atoms with E-state index in [1.807, 2.05) is 6.07 Å². The molecule has 2 nitrogen and oxygen atoms in total. The molecule has 0 saturated carbocycles. The summed E-state index contributed by atoms with van der Waals surface area (Å²) in [4.78, 5) is 5.15. The Kier molecular flexibility index (Phi) is 3.17. The maximum atomic E-state index is 3.22. The molecule has 1 fully saturated rings. The lowest BCUT2D eigenvalue weighted by molar-refractivity contribution is 0.101. The zero-order valence-electron chi connectivity index (χ0n) is 10.7. The summed E-state index contributed by atoms with van der Waals surface area (Å²) >= 11 is 0. The first-order chi connectivity index (χ1) is 8.33. The first-order valence-corrected chi connectivity index (χ1v) is 6.73. The Hall–Kier alpha value is -0.860. The molecule has 1 aromatic carbocycles. The second kappa shape index (κ2) is 4.79. The summed E-state index contributed by atoms with van der Waals surface area (Å²) in [6.07, 6.45) is 3.94. The van der Waals surface area contributed by atoms with Crippen molar-refractivity contribution < 1.29 is 0 Å². The maximum absolute atomic E-state index is 3.22. The topological polar surface area (TPSA) is 6.48 Å². The summed E-state index contributed by atoms with van der Waals surface area (Å²) in [7, 11) is 2.25. The van der Waals surface area contributed by atoms with Crippen LogP contribution in [-0.4, -0.2) is 42.5 Å². The van der Waals surface area contributed by atoms with Crippen molar-refractivity contribution in [2.75, 3.05) is 26.7 Å². The first-order valence-electron chi connectivity index (χ1n) is 6.73. The van der Waals surface area contributed by atoms with Crippen molar-refractivity contribution >= 4 is 0 Å². The van der Waals surface area contributed by atoms with E-state index in [1.54, 1.807) is 0 Å². The average Bonchev–Trinajstić information content (AvgIpc) is 2.38. The number of nitrogens with zero attached hydrogens (tertiary/aromatic N) is 2. The van der Waals surface area contributed by atoms with Crippen molar-refractivity contribution in [1.29, 1.82) is 0 Å². The van der Waals surface area contributed by atoms with Gasteiger partial charge in [-0.3, -0.25) is 4.90 Å². The predicted octanol–water partition coefficient (Wildman–Crippen LogP) is 1.94. The number of piperidine rings is 1. The summed E-state index contributed by atoms with van der Waals surface area (Å²) in [5.74, 6) is 0. The molecule has 91 valence electrons. The predicted molar refractivity (Wildman–Crippen MR) is 69.9 cm³/mol. The molecule has 3 rings (SSSR count). The van der Waals surface area contributed by atoms with E-state index in [0.29, 0.717) is 0 Å². The molecule has 0 N–H and O–H groups in total. The highest BCUT2D eigenvalue weighted by molar-refractivity contribution is 5.28. The summed E-state index contributed by atoms with van der Waals surface area (Å²) in [6.45, 7) is 4.88. The number of fused-ring (bicyclic) bond motifs is 1. The van der Waals surface area contributed by atoms with Crippen LogP contribution in [0.25, 0.3) is 0 Å². The molecule has 2 aliphatic heterocycles. The minimum Gasteiger partial charge on any atom is -0.305 e. The van der Waals surface area contributed by atoms with Crippen LogP contribution in [0.5, 0.6) is 0 Å². The van der Waals surface area contributed by atoms with Gasteiger partial charge in [-0.1, -0.05) is 12.1 Å². The van der Waals surface area contributed by atoms with E-state index in [-0.39, 0.29) is 0 Å². The fraction of sp³-hybridized carbons (Fsp3) is 0.600. The van der Waals surface area contributed by atoms with Gasteiger partial charge in [-0.25, -0.2) is 0 Å². The molecule has 2 heteroatoms. The Bertz CT molecular complexity index is 388. The highest BCUT2D eigenvalue weighted by Gasteiger charge is 2.26. The van der Waals surface area contributed by atoms with Crippen molar-refractivity contribution in [3.05, 3.63) is 35.4 Å². The molecule has 0 bridgehead atoms. The highest BCUT2D eigenvalue weighted by Crippen LogP contribution is 2.23. The van der Waals surface area contributed by atoms with Crippen LogP contribution in [0.1, 0.15) is 24.0 Å². The quantitative estimate of drug-likeness (QED) is 0.726. The second-order valence-corrected chi connectivity index (χ2v) is 5.47. The molecule has 1 atom stereocenters. The van der Waals surface area contributed by atoms with Gasteiger partial charge in [0.1, 0.15) is 0 Å². The van der Waals surface area contributed by atoms with Crippen LogP contribution in [0.4, 0.5) is 0 Å². The SMILES string of the molecule is CN1CCCC(N2CCc3cc[c]cc3C2)C1. The number of benzene rings is 1. The molecule has 0 aromatic heterocycles. The van der Waals surface area contributed by atoms with Crippen molar-refractivity contribution in [2.24, 2.45) is 0 Å². The molecule has 0 aliphatic carbocycles. The monoisotopic (exact) mass is 229 g/mol. The van der Waals surface area contributed by atoms with Crippen LogP contribution in [0.3, 0.4) is 0 Å². The zero-order chi connectivity index (χ0) is 11.7. The van der Waals surface area contributed by atoms with Crippen LogP contribution >= 0.6 is 0 Å². The van der Waals surface area contributed by atoms with Gasteiger partial charge in [-0.15, -0.1) is 0 Å². The molecule has 2 aliphatic rings. The van der Waals surface area contributed by atoms with Gasteiger partial charge < -0.3 is 4.90 Å². The van der Waals surface area contributed by atoms with E-state index in [9.17, 15) is 0 Å². The third-order valence-corrected chi connectivity index (χ3v) is 4.21. The Balaban J connectivity index is 1.71. The molecule has 1 saturated heterocycles. The molecule has 2 heterocycles. The van der Waals surface area contributed by atoms with Gasteiger partial charge in [-0.05, 0) is 56.1 Å². The van der Waals surface area contributed by atoms with E-state index in [1.165, 1.54) is 50.0 Å². The number of hydrogen-bond acceptors (Lipinski definition) is 2. The maximum Gasteiger partial charge on any atom is 0.0240 e. The van der Waals surface area contributed by atoms with E-state index in [0.717, 1.165) is 12.6 Å². The Morgan fingerprint density at radius 1 is 1.29 bits per heavy atom. The van der Waals surface area contributed by atoms with E-state index < -0.39 is 0 Å².